The average molecular weight is 642 g/mol. The minimum atomic E-state index is -3.83. The molecule has 0 spiro atoms. The minimum Gasteiger partial charge on any atom is -0.295 e. The number of amides is 2. The van der Waals surface area contributed by atoms with E-state index >= 15 is 0 Å². The van der Waals surface area contributed by atoms with Gasteiger partial charge in [-0.2, -0.15) is 0 Å². The molecule has 2 aliphatic heterocycles. The molecule has 2 unspecified atom stereocenters. The van der Waals surface area contributed by atoms with E-state index < -0.39 is 9.84 Å². The van der Waals surface area contributed by atoms with Crippen LogP contribution >= 0.6 is 46.7 Å². The summed E-state index contributed by atoms with van der Waals surface area (Å²) in [5.41, 5.74) is 3.12. The second kappa shape index (κ2) is 11.4. The van der Waals surface area contributed by atoms with Crippen molar-refractivity contribution < 1.29 is 18.0 Å². The van der Waals surface area contributed by atoms with Gasteiger partial charge in [-0.05, 0) is 83.9 Å². The average Bonchev–Trinajstić information content (AvgIpc) is 3.56. The quantitative estimate of drug-likeness (QED) is 0.219. The molecular weight excluding hydrogens is 619 g/mol. The molecule has 2 atom stereocenters. The highest BCUT2D eigenvalue weighted by Gasteiger charge is 2.35. The van der Waals surface area contributed by atoms with Crippen molar-refractivity contribution in [3.05, 3.63) is 118 Å². The Morgan fingerprint density at radius 2 is 0.902 bits per heavy atom. The van der Waals surface area contributed by atoms with Crippen molar-refractivity contribution in [2.24, 2.45) is 0 Å². The van der Waals surface area contributed by atoms with Gasteiger partial charge in [-0.15, -0.1) is 23.5 Å². The zero-order chi connectivity index (χ0) is 28.7. The van der Waals surface area contributed by atoms with Crippen molar-refractivity contribution >= 4 is 79.8 Å². The Balaban J connectivity index is 1.23. The maximum atomic E-state index is 13.5. The first-order chi connectivity index (χ1) is 19.7. The van der Waals surface area contributed by atoms with Crippen LogP contribution in [0.5, 0.6) is 0 Å². The molecule has 4 aromatic carbocycles. The van der Waals surface area contributed by atoms with Gasteiger partial charge < -0.3 is 0 Å². The standard InChI is InChI=1S/C30H22Cl2N2O4S3/c31-21-5-1-19(2-6-21)29-33(27(35)17-39-29)23-9-13-25(14-10-23)41(37,38)26-15-11-24(12-16-26)34-28(36)18-40-30(34)20-3-7-22(32)8-4-20/h1-16,29-30H,17-18H2. The fraction of sp³-hybridized carbons (Fsp3) is 0.133. The predicted molar refractivity (Wildman–Crippen MR) is 167 cm³/mol. The van der Waals surface area contributed by atoms with Crippen molar-refractivity contribution in [3.8, 4) is 0 Å². The summed E-state index contributed by atoms with van der Waals surface area (Å²) in [6.07, 6.45) is 0. The van der Waals surface area contributed by atoms with Crippen molar-refractivity contribution in [2.45, 2.75) is 20.5 Å². The fourth-order valence-electron chi connectivity index (χ4n) is 4.86. The van der Waals surface area contributed by atoms with Crippen LogP contribution in [-0.2, 0) is 19.4 Å². The largest absolute Gasteiger partial charge is 0.295 e. The van der Waals surface area contributed by atoms with Gasteiger partial charge in [0.15, 0.2) is 0 Å². The Bertz CT molecular complexity index is 1590. The Hall–Kier alpha value is -2.95. The van der Waals surface area contributed by atoms with E-state index in [9.17, 15) is 18.0 Å². The van der Waals surface area contributed by atoms with Gasteiger partial charge in [0.25, 0.3) is 0 Å². The third-order valence-corrected chi connectivity index (χ3v) is 11.6. The smallest absolute Gasteiger partial charge is 0.238 e. The van der Waals surface area contributed by atoms with E-state index in [2.05, 4.69) is 0 Å². The lowest BCUT2D eigenvalue weighted by molar-refractivity contribution is -0.116. The Kier molecular flexibility index (Phi) is 7.82. The SMILES string of the molecule is O=C1CSC(c2ccc(Cl)cc2)N1c1ccc(S(=O)(=O)c2ccc(N3C(=O)CSC3c3ccc(Cl)cc3)cc2)cc1. The molecule has 2 heterocycles. The maximum Gasteiger partial charge on any atom is 0.238 e. The highest BCUT2D eigenvalue weighted by Crippen LogP contribution is 2.43. The van der Waals surface area contributed by atoms with Crippen LogP contribution in [-0.4, -0.2) is 31.7 Å². The molecule has 0 radical (unpaired) electrons. The van der Waals surface area contributed by atoms with Gasteiger partial charge in [-0.25, -0.2) is 8.42 Å². The highest BCUT2D eigenvalue weighted by molar-refractivity contribution is 8.01. The molecule has 0 aliphatic carbocycles. The second-order valence-corrected chi connectivity index (χ2v) is 14.4. The number of anilines is 2. The van der Waals surface area contributed by atoms with Crippen LogP contribution in [0.2, 0.25) is 10.0 Å². The molecule has 6 rings (SSSR count). The summed E-state index contributed by atoms with van der Waals surface area (Å²) in [6.45, 7) is 0. The molecule has 2 saturated heterocycles. The first kappa shape index (κ1) is 28.2. The number of nitrogens with zero attached hydrogens (tertiary/aromatic N) is 2. The van der Waals surface area contributed by atoms with Crippen molar-refractivity contribution in [1.29, 1.82) is 0 Å². The fourth-order valence-corrected chi connectivity index (χ4v) is 8.73. The van der Waals surface area contributed by atoms with Gasteiger partial charge in [0.05, 0.1) is 21.3 Å². The molecule has 2 amide bonds. The number of halogens is 2. The molecule has 4 aromatic rings. The third-order valence-electron chi connectivity index (χ3n) is 6.90. The molecule has 41 heavy (non-hydrogen) atoms. The van der Waals surface area contributed by atoms with Crippen LogP contribution < -0.4 is 9.80 Å². The molecular formula is C30H22Cl2N2O4S3. The monoisotopic (exact) mass is 640 g/mol. The molecule has 0 N–H and O–H groups in total. The van der Waals surface area contributed by atoms with Crippen molar-refractivity contribution in [2.75, 3.05) is 21.3 Å². The van der Waals surface area contributed by atoms with Crippen LogP contribution in [0.1, 0.15) is 21.9 Å². The summed E-state index contributed by atoms with van der Waals surface area (Å²) >= 11 is 15.1. The van der Waals surface area contributed by atoms with Crippen LogP contribution in [0.15, 0.2) is 107 Å². The molecule has 2 fully saturated rings. The van der Waals surface area contributed by atoms with Gasteiger partial charge in [0.2, 0.25) is 21.7 Å². The number of carbonyl (C=O) groups excluding carboxylic acids is 2. The molecule has 208 valence electrons. The van der Waals surface area contributed by atoms with Gasteiger partial charge in [0, 0.05) is 21.4 Å². The maximum absolute atomic E-state index is 13.5. The van der Waals surface area contributed by atoms with E-state index in [4.69, 9.17) is 23.2 Å². The predicted octanol–water partition coefficient (Wildman–Crippen LogP) is 7.38. The number of benzene rings is 4. The Morgan fingerprint density at radius 1 is 0.561 bits per heavy atom. The summed E-state index contributed by atoms with van der Waals surface area (Å²) in [4.78, 5) is 29.1. The lowest BCUT2D eigenvalue weighted by Crippen LogP contribution is -2.27. The Labute approximate surface area is 256 Å². The topological polar surface area (TPSA) is 74.8 Å². The van der Waals surface area contributed by atoms with E-state index in [1.54, 1.807) is 58.3 Å². The summed E-state index contributed by atoms with van der Waals surface area (Å²) in [5.74, 6) is 0.563. The van der Waals surface area contributed by atoms with Crippen LogP contribution in [0.25, 0.3) is 0 Å². The van der Waals surface area contributed by atoms with E-state index in [0.29, 0.717) is 32.9 Å². The molecule has 0 aromatic heterocycles. The van der Waals surface area contributed by atoms with E-state index in [0.717, 1.165) is 11.1 Å². The van der Waals surface area contributed by atoms with Gasteiger partial charge in [-0.1, -0.05) is 47.5 Å². The summed E-state index contributed by atoms with van der Waals surface area (Å²) in [5, 5.41) is 0.782. The van der Waals surface area contributed by atoms with Gasteiger partial charge in [-0.3, -0.25) is 19.4 Å². The molecule has 2 aliphatic rings. The lowest BCUT2D eigenvalue weighted by atomic mass is 10.2. The van der Waals surface area contributed by atoms with Crippen molar-refractivity contribution in [3.63, 3.8) is 0 Å². The molecule has 0 bridgehead atoms. The second-order valence-electron chi connectivity index (χ2n) is 9.45. The highest BCUT2D eigenvalue weighted by atomic mass is 35.5. The number of rotatable bonds is 6. The summed E-state index contributed by atoms with van der Waals surface area (Å²) in [7, 11) is -3.83. The van der Waals surface area contributed by atoms with E-state index in [-0.39, 0.29) is 32.4 Å². The van der Waals surface area contributed by atoms with Crippen LogP contribution in [0.3, 0.4) is 0 Å². The van der Waals surface area contributed by atoms with Crippen molar-refractivity contribution in [1.82, 2.24) is 0 Å². The first-order valence-corrected chi connectivity index (χ1v) is 16.9. The van der Waals surface area contributed by atoms with Crippen LogP contribution in [0, 0.1) is 0 Å². The zero-order valence-corrected chi connectivity index (χ0v) is 25.3. The number of hydrogen-bond donors (Lipinski definition) is 0. The Morgan fingerprint density at radius 3 is 1.24 bits per heavy atom. The van der Waals surface area contributed by atoms with Gasteiger partial charge in [0.1, 0.15) is 10.7 Å². The van der Waals surface area contributed by atoms with E-state index in [1.165, 1.54) is 47.8 Å². The lowest BCUT2D eigenvalue weighted by Gasteiger charge is -2.25. The number of sulfone groups is 1. The molecule has 11 heteroatoms. The first-order valence-electron chi connectivity index (χ1n) is 12.6. The number of hydrogen-bond acceptors (Lipinski definition) is 6. The summed E-state index contributed by atoms with van der Waals surface area (Å²) < 4.78 is 26.9. The normalized spacial score (nSPS) is 19.3. The summed E-state index contributed by atoms with van der Waals surface area (Å²) in [6, 6.07) is 27.4. The number of carbonyl (C=O) groups is 2. The third kappa shape index (κ3) is 5.49. The molecule has 0 saturated carbocycles. The number of thioether (sulfide) groups is 2. The molecule has 6 nitrogen and oxygen atoms in total. The zero-order valence-electron chi connectivity index (χ0n) is 21.3. The minimum absolute atomic E-state index is 0.0485. The van der Waals surface area contributed by atoms with Gasteiger partial charge >= 0.3 is 0 Å². The van der Waals surface area contributed by atoms with E-state index in [1.807, 2.05) is 24.3 Å². The van der Waals surface area contributed by atoms with Crippen LogP contribution in [0.4, 0.5) is 11.4 Å².